The van der Waals surface area contributed by atoms with Gasteiger partial charge in [-0.3, -0.25) is 14.5 Å². The molecule has 0 saturated heterocycles. The molecule has 2 amide bonds. The van der Waals surface area contributed by atoms with Crippen molar-refractivity contribution in [2.75, 3.05) is 7.11 Å². The number of allylic oxidation sites excluding steroid dienone is 1. The number of ether oxygens (including phenoxy) is 2. The minimum Gasteiger partial charge on any atom is -0.493 e. The molecule has 0 radical (unpaired) electrons. The summed E-state index contributed by atoms with van der Waals surface area (Å²) in [6.45, 7) is 1.43. The van der Waals surface area contributed by atoms with Gasteiger partial charge in [-0.15, -0.1) is 0 Å². The van der Waals surface area contributed by atoms with E-state index in [0.717, 1.165) is 4.90 Å². The van der Waals surface area contributed by atoms with Gasteiger partial charge in [0.25, 0.3) is 11.8 Å². The van der Waals surface area contributed by atoms with Gasteiger partial charge in [0, 0.05) is 5.02 Å². The molecule has 0 N–H and O–H groups in total. The van der Waals surface area contributed by atoms with Crippen LogP contribution in [0.15, 0.2) is 66.7 Å². The van der Waals surface area contributed by atoms with Crippen LogP contribution in [0, 0.1) is 11.3 Å². The first-order chi connectivity index (χ1) is 16.8. The summed E-state index contributed by atoms with van der Waals surface area (Å²) in [6.07, 6.45) is 1.65. The standard InChI is InChI=1S/C27H19ClN2O5/c1-16(30-25(31)21-8-3-4-9-22(21)26(30)32)27(33)35-23-11-10-17(13-24(23)34-2)12-19(15-29)18-6-5-7-20(28)14-18/h3-14,16H,1-2H3/b19-12-. The zero-order valence-corrected chi connectivity index (χ0v) is 19.6. The number of hydrogen-bond acceptors (Lipinski definition) is 6. The summed E-state index contributed by atoms with van der Waals surface area (Å²) < 4.78 is 10.8. The van der Waals surface area contributed by atoms with Crippen molar-refractivity contribution in [3.63, 3.8) is 0 Å². The van der Waals surface area contributed by atoms with Gasteiger partial charge in [-0.05, 0) is 60.5 Å². The molecule has 0 spiro atoms. The molecule has 0 fully saturated rings. The van der Waals surface area contributed by atoms with Gasteiger partial charge in [-0.2, -0.15) is 5.26 Å². The quantitative estimate of drug-likeness (QED) is 0.160. The second-order valence-electron chi connectivity index (χ2n) is 7.71. The van der Waals surface area contributed by atoms with Gasteiger partial charge >= 0.3 is 5.97 Å². The summed E-state index contributed by atoms with van der Waals surface area (Å²) in [5.41, 5.74) is 2.17. The fourth-order valence-corrected chi connectivity index (χ4v) is 3.91. The molecule has 1 atom stereocenters. The SMILES string of the molecule is COc1cc(/C=C(/C#N)c2cccc(Cl)c2)ccc1OC(=O)C(C)N1C(=O)c2ccccc2C1=O. The van der Waals surface area contributed by atoms with Gasteiger partial charge in [0.15, 0.2) is 11.5 Å². The highest BCUT2D eigenvalue weighted by Gasteiger charge is 2.41. The lowest BCUT2D eigenvalue weighted by molar-refractivity contribution is -0.138. The van der Waals surface area contributed by atoms with Crippen LogP contribution >= 0.6 is 11.6 Å². The predicted molar refractivity (Wildman–Crippen MR) is 130 cm³/mol. The van der Waals surface area contributed by atoms with E-state index in [0.29, 0.717) is 21.7 Å². The summed E-state index contributed by atoms with van der Waals surface area (Å²) in [6, 6.07) is 19.1. The molecular weight excluding hydrogens is 468 g/mol. The van der Waals surface area contributed by atoms with E-state index in [4.69, 9.17) is 21.1 Å². The second-order valence-corrected chi connectivity index (χ2v) is 8.15. The van der Waals surface area contributed by atoms with Crippen molar-refractivity contribution in [2.45, 2.75) is 13.0 Å². The van der Waals surface area contributed by atoms with E-state index in [1.165, 1.54) is 20.1 Å². The maximum Gasteiger partial charge on any atom is 0.334 e. The Morgan fingerprint density at radius 3 is 2.29 bits per heavy atom. The molecule has 3 aromatic rings. The Labute approximate surface area is 206 Å². The number of benzene rings is 3. The number of hydrogen-bond donors (Lipinski definition) is 0. The Kier molecular flexibility index (Phi) is 6.67. The van der Waals surface area contributed by atoms with E-state index in [1.807, 2.05) is 0 Å². The molecule has 1 aliphatic rings. The number of carbonyl (C=O) groups is 3. The minimum absolute atomic E-state index is 0.111. The Hall–Kier alpha value is -4.41. The molecular formula is C27H19ClN2O5. The Balaban J connectivity index is 1.55. The Morgan fingerprint density at radius 2 is 1.69 bits per heavy atom. The van der Waals surface area contributed by atoms with Crippen LogP contribution < -0.4 is 9.47 Å². The van der Waals surface area contributed by atoms with Gasteiger partial charge in [0.2, 0.25) is 0 Å². The number of amides is 2. The Morgan fingerprint density at radius 1 is 1.00 bits per heavy atom. The van der Waals surface area contributed by atoms with E-state index < -0.39 is 23.8 Å². The number of nitriles is 1. The maximum atomic E-state index is 12.8. The molecule has 3 aromatic carbocycles. The lowest BCUT2D eigenvalue weighted by Crippen LogP contribution is -2.44. The van der Waals surface area contributed by atoms with E-state index in [-0.39, 0.29) is 22.6 Å². The highest BCUT2D eigenvalue weighted by molar-refractivity contribution is 6.30. The minimum atomic E-state index is -1.15. The van der Waals surface area contributed by atoms with Crippen molar-refractivity contribution in [2.24, 2.45) is 0 Å². The van der Waals surface area contributed by atoms with Crippen LogP contribution in [-0.2, 0) is 4.79 Å². The van der Waals surface area contributed by atoms with Crippen LogP contribution in [0.25, 0.3) is 11.6 Å². The smallest absolute Gasteiger partial charge is 0.334 e. The molecule has 1 heterocycles. The molecule has 35 heavy (non-hydrogen) atoms. The first kappa shape index (κ1) is 23.7. The number of rotatable bonds is 6. The number of esters is 1. The normalized spacial score (nSPS) is 13.8. The molecule has 4 rings (SSSR count). The summed E-state index contributed by atoms with van der Waals surface area (Å²) in [7, 11) is 1.41. The monoisotopic (exact) mass is 486 g/mol. The number of halogens is 1. The topological polar surface area (TPSA) is 96.7 Å². The summed E-state index contributed by atoms with van der Waals surface area (Å²) >= 11 is 6.03. The lowest BCUT2D eigenvalue weighted by atomic mass is 10.0. The van der Waals surface area contributed by atoms with Crippen molar-refractivity contribution < 1.29 is 23.9 Å². The van der Waals surface area contributed by atoms with E-state index in [1.54, 1.807) is 66.7 Å². The molecule has 0 aromatic heterocycles. The van der Waals surface area contributed by atoms with Crippen molar-refractivity contribution >= 4 is 41.0 Å². The first-order valence-electron chi connectivity index (χ1n) is 10.6. The third-order valence-corrected chi connectivity index (χ3v) is 5.75. The largest absolute Gasteiger partial charge is 0.493 e. The fraction of sp³-hybridized carbons (Fsp3) is 0.111. The van der Waals surface area contributed by atoms with Gasteiger partial charge in [-0.1, -0.05) is 41.9 Å². The fourth-order valence-electron chi connectivity index (χ4n) is 3.72. The number of methoxy groups -OCH3 is 1. The number of carbonyl (C=O) groups excluding carboxylic acids is 3. The summed E-state index contributed by atoms with van der Waals surface area (Å²) in [5.74, 6) is -1.54. The average molecular weight is 487 g/mol. The van der Waals surface area contributed by atoms with Crippen molar-refractivity contribution in [3.05, 3.63) is 94.0 Å². The van der Waals surface area contributed by atoms with E-state index >= 15 is 0 Å². The van der Waals surface area contributed by atoms with Gasteiger partial charge in [0.1, 0.15) is 6.04 Å². The third kappa shape index (κ3) is 4.65. The summed E-state index contributed by atoms with van der Waals surface area (Å²) in [4.78, 5) is 39.1. The second kappa shape index (κ2) is 9.84. The first-order valence-corrected chi connectivity index (χ1v) is 11.0. The number of nitrogens with zero attached hydrogens (tertiary/aromatic N) is 2. The molecule has 1 aliphatic heterocycles. The van der Waals surface area contributed by atoms with Crippen LogP contribution in [-0.4, -0.2) is 35.8 Å². The van der Waals surface area contributed by atoms with E-state index in [2.05, 4.69) is 6.07 Å². The molecule has 1 unspecified atom stereocenters. The van der Waals surface area contributed by atoms with E-state index in [9.17, 15) is 19.6 Å². The molecule has 7 nitrogen and oxygen atoms in total. The molecule has 174 valence electrons. The molecule has 0 aliphatic carbocycles. The highest BCUT2D eigenvalue weighted by Crippen LogP contribution is 2.31. The van der Waals surface area contributed by atoms with Crippen LogP contribution in [0.5, 0.6) is 11.5 Å². The highest BCUT2D eigenvalue weighted by atomic mass is 35.5. The van der Waals surface area contributed by atoms with Crippen LogP contribution in [0.4, 0.5) is 0 Å². The number of fused-ring (bicyclic) bond motifs is 1. The molecule has 0 saturated carbocycles. The van der Waals surface area contributed by atoms with Gasteiger partial charge in [-0.25, -0.2) is 4.79 Å². The zero-order valence-electron chi connectivity index (χ0n) is 18.8. The zero-order chi connectivity index (χ0) is 25.1. The van der Waals surface area contributed by atoms with Crippen LogP contribution in [0.1, 0.15) is 38.8 Å². The van der Waals surface area contributed by atoms with Crippen molar-refractivity contribution in [3.8, 4) is 17.6 Å². The van der Waals surface area contributed by atoms with Crippen molar-refractivity contribution in [1.29, 1.82) is 5.26 Å². The maximum absolute atomic E-state index is 12.8. The van der Waals surface area contributed by atoms with Crippen LogP contribution in [0.3, 0.4) is 0 Å². The average Bonchev–Trinajstić information content (AvgIpc) is 3.12. The summed E-state index contributed by atoms with van der Waals surface area (Å²) in [5, 5.41) is 10.1. The van der Waals surface area contributed by atoms with Crippen molar-refractivity contribution in [1.82, 2.24) is 4.90 Å². The van der Waals surface area contributed by atoms with Gasteiger partial charge in [0.05, 0.1) is 29.9 Å². The lowest BCUT2D eigenvalue weighted by Gasteiger charge is -2.21. The molecule has 0 bridgehead atoms. The number of imide groups is 1. The Bertz CT molecular complexity index is 1390. The third-order valence-electron chi connectivity index (χ3n) is 5.52. The molecule has 8 heteroatoms. The van der Waals surface area contributed by atoms with Crippen LogP contribution in [0.2, 0.25) is 5.02 Å². The van der Waals surface area contributed by atoms with Gasteiger partial charge < -0.3 is 9.47 Å². The predicted octanol–water partition coefficient (Wildman–Crippen LogP) is 5.00.